The Kier molecular flexibility index (Phi) is 5.90. The molecule has 0 radical (unpaired) electrons. The van der Waals surface area contributed by atoms with E-state index >= 15 is 0 Å². The first-order chi connectivity index (χ1) is 8.11. The molecule has 1 N–H and O–H groups in total. The SMILES string of the molecule is CNc1cc(Cl)ncn1.Clc1cc(Cl)ncn1. The highest BCUT2D eigenvalue weighted by atomic mass is 35.5. The predicted molar refractivity (Wildman–Crippen MR) is 68.6 cm³/mol. The highest BCUT2D eigenvalue weighted by Gasteiger charge is 1.89. The summed E-state index contributed by atoms with van der Waals surface area (Å²) in [5.74, 6) is 0.731. The molecule has 0 atom stereocenters. The van der Waals surface area contributed by atoms with E-state index < -0.39 is 0 Å². The molecule has 0 amide bonds. The molecule has 0 fully saturated rings. The maximum atomic E-state index is 5.53. The van der Waals surface area contributed by atoms with Crippen molar-refractivity contribution in [2.24, 2.45) is 0 Å². The van der Waals surface area contributed by atoms with Crippen molar-refractivity contribution in [3.63, 3.8) is 0 Å². The fourth-order valence-corrected chi connectivity index (χ4v) is 1.28. The van der Waals surface area contributed by atoms with Gasteiger partial charge in [-0.1, -0.05) is 34.8 Å². The molecule has 0 bridgehead atoms. The van der Waals surface area contributed by atoms with Crippen LogP contribution >= 0.6 is 34.8 Å². The van der Waals surface area contributed by atoms with E-state index in [2.05, 4.69) is 25.3 Å². The van der Waals surface area contributed by atoms with Crippen LogP contribution in [0.3, 0.4) is 0 Å². The van der Waals surface area contributed by atoms with Crippen LogP contribution < -0.4 is 5.32 Å². The zero-order valence-corrected chi connectivity index (χ0v) is 11.0. The standard InChI is InChI=1S/C5H6ClN3.C4H2Cl2N2/c1-7-5-2-4(6)8-3-9-5;5-3-1-4(6)8-2-7-3/h2-3H,1H3,(H,7,8,9);1-2H. The molecule has 17 heavy (non-hydrogen) atoms. The van der Waals surface area contributed by atoms with Gasteiger partial charge in [0.05, 0.1) is 0 Å². The summed E-state index contributed by atoms with van der Waals surface area (Å²) in [5.41, 5.74) is 0. The highest BCUT2D eigenvalue weighted by molar-refractivity contribution is 6.33. The van der Waals surface area contributed by atoms with Gasteiger partial charge < -0.3 is 5.32 Å². The Bertz CT molecular complexity index is 462. The molecule has 0 aliphatic heterocycles. The number of nitrogens with one attached hydrogen (secondary N) is 1. The molecule has 0 aliphatic carbocycles. The highest BCUT2D eigenvalue weighted by Crippen LogP contribution is 2.07. The molecular formula is C9H8Cl3N5. The molecular weight excluding hydrogens is 284 g/mol. The van der Waals surface area contributed by atoms with Crippen LogP contribution in [0.25, 0.3) is 0 Å². The topological polar surface area (TPSA) is 63.6 Å². The van der Waals surface area contributed by atoms with Crippen LogP contribution in [0.4, 0.5) is 5.82 Å². The predicted octanol–water partition coefficient (Wildman–Crippen LogP) is 2.96. The van der Waals surface area contributed by atoms with Gasteiger partial charge in [0.2, 0.25) is 0 Å². The summed E-state index contributed by atoms with van der Waals surface area (Å²) in [5, 5.41) is 4.02. The van der Waals surface area contributed by atoms with Gasteiger partial charge >= 0.3 is 0 Å². The molecule has 2 heterocycles. The number of nitrogens with zero attached hydrogens (tertiary/aromatic N) is 4. The lowest BCUT2D eigenvalue weighted by atomic mass is 10.6. The Balaban J connectivity index is 0.000000171. The molecule has 5 nitrogen and oxygen atoms in total. The number of hydrogen-bond donors (Lipinski definition) is 1. The Morgan fingerprint density at radius 1 is 0.824 bits per heavy atom. The van der Waals surface area contributed by atoms with Crippen molar-refractivity contribution < 1.29 is 0 Å². The van der Waals surface area contributed by atoms with Crippen LogP contribution in [0.2, 0.25) is 15.5 Å². The maximum absolute atomic E-state index is 5.53. The van der Waals surface area contributed by atoms with Crippen molar-refractivity contribution in [3.05, 3.63) is 40.2 Å². The first kappa shape index (κ1) is 13.9. The second kappa shape index (κ2) is 7.21. The van der Waals surface area contributed by atoms with Crippen LogP contribution in [0.5, 0.6) is 0 Å². The number of aromatic nitrogens is 4. The lowest BCUT2D eigenvalue weighted by Crippen LogP contribution is -1.91. The van der Waals surface area contributed by atoms with E-state index in [-0.39, 0.29) is 0 Å². The minimum absolute atomic E-state index is 0.366. The minimum atomic E-state index is 0.366. The van der Waals surface area contributed by atoms with Crippen molar-refractivity contribution in [2.45, 2.75) is 0 Å². The van der Waals surface area contributed by atoms with Crippen molar-refractivity contribution in [3.8, 4) is 0 Å². The van der Waals surface area contributed by atoms with Gasteiger partial charge in [0, 0.05) is 19.2 Å². The second-order valence-electron chi connectivity index (χ2n) is 2.64. The van der Waals surface area contributed by atoms with Gasteiger partial charge in [-0.25, -0.2) is 19.9 Å². The third-order valence-electron chi connectivity index (χ3n) is 1.49. The van der Waals surface area contributed by atoms with Gasteiger partial charge in [-0.15, -0.1) is 0 Å². The van der Waals surface area contributed by atoms with Crippen molar-refractivity contribution in [1.29, 1.82) is 0 Å². The zero-order valence-electron chi connectivity index (χ0n) is 8.73. The van der Waals surface area contributed by atoms with Gasteiger partial charge in [-0.05, 0) is 0 Å². The fraction of sp³-hybridized carbons (Fsp3) is 0.111. The molecule has 0 unspecified atom stereocenters. The summed E-state index contributed by atoms with van der Waals surface area (Å²) in [7, 11) is 1.78. The number of anilines is 1. The molecule has 2 aromatic rings. The van der Waals surface area contributed by atoms with Gasteiger partial charge in [-0.2, -0.15) is 0 Å². The third kappa shape index (κ3) is 5.63. The average Bonchev–Trinajstić information content (AvgIpc) is 2.29. The monoisotopic (exact) mass is 291 g/mol. The third-order valence-corrected chi connectivity index (χ3v) is 2.11. The van der Waals surface area contributed by atoms with Crippen molar-refractivity contribution in [2.75, 3.05) is 12.4 Å². The molecule has 2 rings (SSSR count). The normalized spacial score (nSPS) is 9.18. The second-order valence-corrected chi connectivity index (χ2v) is 3.80. The maximum Gasteiger partial charge on any atom is 0.134 e. The van der Waals surface area contributed by atoms with E-state index in [4.69, 9.17) is 34.8 Å². The lowest BCUT2D eigenvalue weighted by molar-refractivity contribution is 1.16. The van der Waals surface area contributed by atoms with Crippen molar-refractivity contribution >= 4 is 40.6 Å². The zero-order chi connectivity index (χ0) is 12.7. The Morgan fingerprint density at radius 3 is 1.59 bits per heavy atom. The average molecular weight is 293 g/mol. The van der Waals surface area contributed by atoms with E-state index in [0.717, 1.165) is 5.82 Å². The summed E-state index contributed by atoms with van der Waals surface area (Å²) in [6, 6.07) is 3.13. The molecule has 0 aromatic carbocycles. The van der Waals surface area contributed by atoms with Crippen LogP contribution in [-0.4, -0.2) is 27.0 Å². The number of hydrogen-bond acceptors (Lipinski definition) is 5. The van der Waals surface area contributed by atoms with Crippen LogP contribution in [0.15, 0.2) is 24.8 Å². The first-order valence-corrected chi connectivity index (χ1v) is 5.53. The number of halogens is 3. The van der Waals surface area contributed by atoms with Gasteiger partial charge in [0.1, 0.15) is 33.9 Å². The Morgan fingerprint density at radius 2 is 1.29 bits per heavy atom. The van der Waals surface area contributed by atoms with E-state index in [1.54, 1.807) is 13.1 Å². The van der Waals surface area contributed by atoms with Gasteiger partial charge in [0.15, 0.2) is 0 Å². The molecule has 0 saturated heterocycles. The summed E-state index contributed by atoms with van der Waals surface area (Å²) in [6.07, 6.45) is 2.72. The van der Waals surface area contributed by atoms with E-state index in [1.807, 2.05) is 0 Å². The first-order valence-electron chi connectivity index (χ1n) is 4.40. The molecule has 0 aliphatic rings. The van der Waals surface area contributed by atoms with E-state index in [1.165, 1.54) is 18.7 Å². The summed E-state index contributed by atoms with van der Waals surface area (Å²) < 4.78 is 0. The Labute approximate surface area is 113 Å². The molecule has 8 heteroatoms. The molecule has 90 valence electrons. The van der Waals surface area contributed by atoms with Crippen LogP contribution in [0.1, 0.15) is 0 Å². The molecule has 2 aromatic heterocycles. The van der Waals surface area contributed by atoms with E-state index in [9.17, 15) is 0 Å². The number of rotatable bonds is 1. The summed E-state index contributed by atoms with van der Waals surface area (Å²) >= 11 is 16.4. The summed E-state index contributed by atoms with van der Waals surface area (Å²) in [4.78, 5) is 14.8. The molecule has 0 saturated carbocycles. The Hall–Kier alpha value is -1.17. The minimum Gasteiger partial charge on any atom is -0.373 e. The smallest absolute Gasteiger partial charge is 0.134 e. The van der Waals surface area contributed by atoms with Gasteiger partial charge in [0.25, 0.3) is 0 Å². The van der Waals surface area contributed by atoms with E-state index in [0.29, 0.717) is 15.5 Å². The van der Waals surface area contributed by atoms with Crippen LogP contribution in [0, 0.1) is 0 Å². The van der Waals surface area contributed by atoms with Crippen molar-refractivity contribution in [1.82, 2.24) is 19.9 Å². The fourth-order valence-electron chi connectivity index (χ4n) is 0.782. The largest absolute Gasteiger partial charge is 0.373 e. The van der Waals surface area contributed by atoms with Gasteiger partial charge in [-0.3, -0.25) is 0 Å². The van der Waals surface area contributed by atoms with Crippen LogP contribution in [-0.2, 0) is 0 Å². The molecule has 0 spiro atoms. The summed E-state index contributed by atoms with van der Waals surface area (Å²) in [6.45, 7) is 0. The quantitative estimate of drug-likeness (QED) is 0.819. The lowest BCUT2D eigenvalue weighted by Gasteiger charge is -1.95.